The van der Waals surface area contributed by atoms with Crippen LogP contribution < -0.4 is 5.32 Å². The van der Waals surface area contributed by atoms with E-state index in [0.29, 0.717) is 12.0 Å². The maximum atomic E-state index is 5.58. The van der Waals surface area contributed by atoms with Crippen LogP contribution in [0.4, 0.5) is 0 Å². The second-order valence-electron chi connectivity index (χ2n) is 4.80. The number of hydrogen-bond donors (Lipinski definition) is 1. The Bertz CT molecular complexity index is 290. The first kappa shape index (κ1) is 12.3. The van der Waals surface area contributed by atoms with Gasteiger partial charge in [-0.25, -0.2) is 0 Å². The van der Waals surface area contributed by atoms with Gasteiger partial charge in [-0.15, -0.1) is 0 Å². The summed E-state index contributed by atoms with van der Waals surface area (Å²) < 4.78 is 5.58. The number of furan rings is 1. The predicted molar refractivity (Wildman–Crippen MR) is 63.9 cm³/mol. The second kappa shape index (κ2) is 5.36. The molecule has 0 aromatic carbocycles. The molecule has 0 saturated carbocycles. The third-order valence-electron chi connectivity index (χ3n) is 3.07. The molecule has 0 fully saturated rings. The molecule has 0 aliphatic rings. The highest BCUT2D eigenvalue weighted by Gasteiger charge is 2.12. The number of nitrogens with one attached hydrogen (secondary N) is 1. The van der Waals surface area contributed by atoms with Crippen molar-refractivity contribution in [2.75, 3.05) is 6.54 Å². The molecule has 0 amide bonds. The molecule has 1 heterocycles. The van der Waals surface area contributed by atoms with Gasteiger partial charge < -0.3 is 9.73 Å². The van der Waals surface area contributed by atoms with Gasteiger partial charge in [0.25, 0.3) is 0 Å². The van der Waals surface area contributed by atoms with Gasteiger partial charge >= 0.3 is 0 Å². The smallest absolute Gasteiger partial charge is 0.120 e. The summed E-state index contributed by atoms with van der Waals surface area (Å²) in [6.07, 6.45) is 0. The molecule has 2 heteroatoms. The molecule has 0 radical (unpaired) electrons. The van der Waals surface area contributed by atoms with Gasteiger partial charge in [-0.3, -0.25) is 0 Å². The molecule has 2 atom stereocenters. The van der Waals surface area contributed by atoms with Crippen LogP contribution in [0, 0.1) is 18.8 Å². The molecule has 1 aromatic heterocycles. The average Bonchev–Trinajstić information content (AvgIpc) is 2.60. The third kappa shape index (κ3) is 3.71. The molecule has 0 saturated heterocycles. The lowest BCUT2D eigenvalue weighted by atomic mass is 9.98. The molecule has 2 unspecified atom stereocenters. The lowest BCUT2D eigenvalue weighted by Crippen LogP contribution is -2.26. The highest BCUT2D eigenvalue weighted by Crippen LogP contribution is 2.16. The largest absolute Gasteiger partial charge is 0.465 e. The van der Waals surface area contributed by atoms with Crippen molar-refractivity contribution < 1.29 is 4.42 Å². The highest BCUT2D eigenvalue weighted by molar-refractivity contribution is 5.08. The minimum atomic E-state index is 0.305. The molecule has 2 nitrogen and oxygen atoms in total. The summed E-state index contributed by atoms with van der Waals surface area (Å²) in [4.78, 5) is 0. The van der Waals surface area contributed by atoms with Crippen molar-refractivity contribution in [2.24, 2.45) is 11.8 Å². The minimum absolute atomic E-state index is 0.305. The third-order valence-corrected chi connectivity index (χ3v) is 3.07. The van der Waals surface area contributed by atoms with E-state index in [1.54, 1.807) is 0 Å². The summed E-state index contributed by atoms with van der Waals surface area (Å²) >= 11 is 0. The van der Waals surface area contributed by atoms with Gasteiger partial charge in [0.15, 0.2) is 0 Å². The average molecular weight is 209 g/mol. The molecule has 1 N–H and O–H groups in total. The van der Waals surface area contributed by atoms with E-state index in [9.17, 15) is 0 Å². The van der Waals surface area contributed by atoms with Gasteiger partial charge in [0, 0.05) is 0 Å². The maximum absolute atomic E-state index is 5.58. The topological polar surface area (TPSA) is 25.2 Å². The molecule has 15 heavy (non-hydrogen) atoms. The van der Waals surface area contributed by atoms with Gasteiger partial charge in [0.2, 0.25) is 0 Å². The van der Waals surface area contributed by atoms with E-state index in [2.05, 4.69) is 33.0 Å². The monoisotopic (exact) mass is 209 g/mol. The molecule has 0 spiro atoms. The van der Waals surface area contributed by atoms with E-state index >= 15 is 0 Å². The number of hydrogen-bond acceptors (Lipinski definition) is 2. The predicted octanol–water partition coefficient (Wildman–Crippen LogP) is 3.53. The Balaban J connectivity index is 2.39. The summed E-state index contributed by atoms with van der Waals surface area (Å²) in [5.41, 5.74) is 0. The fraction of sp³-hybridized carbons (Fsp3) is 0.692. The van der Waals surface area contributed by atoms with Crippen LogP contribution in [0.15, 0.2) is 16.5 Å². The molecule has 1 rings (SSSR count). The zero-order chi connectivity index (χ0) is 11.4. The van der Waals surface area contributed by atoms with E-state index < -0.39 is 0 Å². The van der Waals surface area contributed by atoms with Crippen LogP contribution in [0.1, 0.15) is 45.3 Å². The van der Waals surface area contributed by atoms with Crippen molar-refractivity contribution in [1.29, 1.82) is 0 Å². The minimum Gasteiger partial charge on any atom is -0.465 e. The lowest BCUT2D eigenvalue weighted by Gasteiger charge is -2.19. The lowest BCUT2D eigenvalue weighted by molar-refractivity contribution is 0.351. The standard InChI is InChI=1S/C13H23NO/c1-9(2)10(3)8-14-12(5)13-7-6-11(4)15-13/h6-7,9-10,12,14H,8H2,1-5H3. The molecule has 1 aromatic rings. The molecular formula is C13H23NO. The molecular weight excluding hydrogens is 186 g/mol. The first-order chi connectivity index (χ1) is 7.00. The fourth-order valence-electron chi connectivity index (χ4n) is 1.39. The number of aryl methyl sites for hydroxylation is 1. The van der Waals surface area contributed by atoms with Gasteiger partial charge in [-0.2, -0.15) is 0 Å². The van der Waals surface area contributed by atoms with Crippen LogP contribution in [-0.4, -0.2) is 6.54 Å². The first-order valence-corrected chi connectivity index (χ1v) is 5.80. The van der Waals surface area contributed by atoms with Gasteiger partial charge in [-0.1, -0.05) is 20.8 Å². The summed E-state index contributed by atoms with van der Waals surface area (Å²) in [5.74, 6) is 3.44. The first-order valence-electron chi connectivity index (χ1n) is 5.80. The molecule has 0 aliphatic heterocycles. The zero-order valence-corrected chi connectivity index (χ0v) is 10.5. The normalized spacial score (nSPS) is 15.6. The quantitative estimate of drug-likeness (QED) is 0.802. The van der Waals surface area contributed by atoms with Crippen LogP contribution in [0.3, 0.4) is 0 Å². The van der Waals surface area contributed by atoms with Crippen LogP contribution in [0.5, 0.6) is 0 Å². The molecule has 0 bridgehead atoms. The summed E-state index contributed by atoms with van der Waals surface area (Å²) in [5, 5.41) is 3.50. The van der Waals surface area contributed by atoms with Crippen LogP contribution >= 0.6 is 0 Å². The Kier molecular flexibility index (Phi) is 4.40. The van der Waals surface area contributed by atoms with Crippen molar-refractivity contribution in [1.82, 2.24) is 5.32 Å². The fourth-order valence-corrected chi connectivity index (χ4v) is 1.39. The Labute approximate surface area is 93.1 Å². The zero-order valence-electron chi connectivity index (χ0n) is 10.5. The summed E-state index contributed by atoms with van der Waals surface area (Å²) in [6, 6.07) is 4.37. The van der Waals surface area contributed by atoms with Gasteiger partial charge in [-0.05, 0) is 44.4 Å². The van der Waals surface area contributed by atoms with Crippen molar-refractivity contribution >= 4 is 0 Å². The van der Waals surface area contributed by atoms with Gasteiger partial charge in [0.1, 0.15) is 11.5 Å². The van der Waals surface area contributed by atoms with Crippen LogP contribution in [0.2, 0.25) is 0 Å². The van der Waals surface area contributed by atoms with E-state index in [-0.39, 0.29) is 0 Å². The number of rotatable bonds is 5. The van der Waals surface area contributed by atoms with Crippen molar-refractivity contribution in [3.63, 3.8) is 0 Å². The Morgan fingerprint density at radius 1 is 1.20 bits per heavy atom. The van der Waals surface area contributed by atoms with Crippen LogP contribution in [-0.2, 0) is 0 Å². The van der Waals surface area contributed by atoms with Crippen molar-refractivity contribution in [3.05, 3.63) is 23.7 Å². The van der Waals surface area contributed by atoms with Crippen molar-refractivity contribution in [3.8, 4) is 0 Å². The van der Waals surface area contributed by atoms with Crippen LogP contribution in [0.25, 0.3) is 0 Å². The Morgan fingerprint density at radius 3 is 2.33 bits per heavy atom. The SMILES string of the molecule is Cc1ccc(C(C)NCC(C)C(C)C)o1. The molecule has 0 aliphatic carbocycles. The summed E-state index contributed by atoms with van der Waals surface area (Å²) in [6.45, 7) is 12.0. The van der Waals surface area contributed by atoms with E-state index in [1.165, 1.54) is 0 Å². The Hall–Kier alpha value is -0.760. The van der Waals surface area contributed by atoms with E-state index in [0.717, 1.165) is 24.0 Å². The summed E-state index contributed by atoms with van der Waals surface area (Å²) in [7, 11) is 0. The van der Waals surface area contributed by atoms with E-state index in [4.69, 9.17) is 4.42 Å². The maximum Gasteiger partial charge on any atom is 0.120 e. The van der Waals surface area contributed by atoms with Gasteiger partial charge in [0.05, 0.1) is 6.04 Å². The Morgan fingerprint density at radius 2 is 1.87 bits per heavy atom. The molecule has 86 valence electrons. The van der Waals surface area contributed by atoms with Crippen molar-refractivity contribution in [2.45, 2.75) is 40.7 Å². The van der Waals surface area contributed by atoms with E-state index in [1.807, 2.05) is 19.1 Å². The highest BCUT2D eigenvalue weighted by atomic mass is 16.3. The second-order valence-corrected chi connectivity index (χ2v) is 4.80.